The van der Waals surface area contributed by atoms with Gasteiger partial charge in [-0.25, -0.2) is 0 Å². The van der Waals surface area contributed by atoms with Gasteiger partial charge in [-0.1, -0.05) is 26.7 Å². The molecule has 0 aromatic rings. The minimum Gasteiger partial charge on any atom is -0.292 e. The fraction of sp³-hybridized carbons (Fsp3) is 0.889. The van der Waals surface area contributed by atoms with Crippen LogP contribution in [0.5, 0.6) is 0 Å². The van der Waals surface area contributed by atoms with E-state index in [1.54, 1.807) is 4.90 Å². The highest BCUT2D eigenvalue weighted by Gasteiger charge is 1.95. The van der Waals surface area contributed by atoms with Crippen LogP contribution in [-0.2, 0) is 0 Å². The number of rotatable bonds is 6. The van der Waals surface area contributed by atoms with Gasteiger partial charge < -0.3 is 0 Å². The number of nitrogens with zero attached hydrogens (tertiary/aromatic N) is 1. The molecule has 3 radical (unpaired) electrons. The van der Waals surface area contributed by atoms with E-state index >= 15 is 0 Å². The molecule has 0 amide bonds. The lowest BCUT2D eigenvalue weighted by atomic mass is 10.3. The highest BCUT2D eigenvalue weighted by atomic mass is 15.1. The Morgan fingerprint density at radius 1 is 1.00 bits per heavy atom. The summed E-state index contributed by atoms with van der Waals surface area (Å²) in [5.41, 5.74) is 0. The Balaban J connectivity index is 3.00. The van der Waals surface area contributed by atoms with Gasteiger partial charge in [0.05, 0.1) is 7.05 Å². The van der Waals surface area contributed by atoms with Gasteiger partial charge in [0, 0.05) is 0 Å². The molecule has 0 aliphatic heterocycles. The third kappa shape index (κ3) is 6.09. The maximum absolute atomic E-state index is 7.41. The van der Waals surface area contributed by atoms with E-state index < -0.39 is 0 Å². The van der Waals surface area contributed by atoms with Gasteiger partial charge in [-0.2, -0.15) is 0 Å². The molecule has 0 saturated carbocycles. The van der Waals surface area contributed by atoms with Crippen LogP contribution in [0.4, 0.5) is 0 Å². The van der Waals surface area contributed by atoms with Crippen LogP contribution in [-0.4, -0.2) is 18.0 Å². The summed E-state index contributed by atoms with van der Waals surface area (Å²) in [5.74, 6) is 0. The Kier molecular flexibility index (Phi) is 7.04. The quantitative estimate of drug-likeness (QED) is 0.547. The van der Waals surface area contributed by atoms with Crippen molar-refractivity contribution in [1.29, 1.82) is 0 Å². The van der Waals surface area contributed by atoms with Gasteiger partial charge in [-0.15, -0.1) is 0 Å². The van der Waals surface area contributed by atoms with Crippen molar-refractivity contribution in [3.8, 4) is 0 Å². The first-order valence-electron chi connectivity index (χ1n) is 4.27. The molecular formula is C9H18N. The highest BCUT2D eigenvalue weighted by molar-refractivity contribution is 4.53. The first-order chi connectivity index (χ1) is 4.81. The molecule has 59 valence electrons. The standard InChI is InChI=1S/C9H18N/c1-4-6-8-10(3)9-7-5-2/h4-9H2,1-2H3. The fourth-order valence-electron chi connectivity index (χ4n) is 0.810. The molecule has 1 heteroatoms. The number of hydrogen-bond donors (Lipinski definition) is 0. The van der Waals surface area contributed by atoms with E-state index in [1.165, 1.54) is 12.8 Å². The molecule has 0 rings (SSSR count). The second-order valence-electron chi connectivity index (χ2n) is 2.69. The third-order valence-corrected chi connectivity index (χ3v) is 1.56. The average molecular weight is 140 g/mol. The molecule has 0 spiro atoms. The van der Waals surface area contributed by atoms with Crippen molar-refractivity contribution in [3.63, 3.8) is 0 Å². The molecule has 0 heterocycles. The highest BCUT2D eigenvalue weighted by Crippen LogP contribution is 1.95. The van der Waals surface area contributed by atoms with Gasteiger partial charge in [-0.05, 0) is 25.9 Å². The van der Waals surface area contributed by atoms with E-state index in [1.807, 2.05) is 0 Å². The van der Waals surface area contributed by atoms with Gasteiger partial charge in [0.25, 0.3) is 0 Å². The van der Waals surface area contributed by atoms with Crippen LogP contribution >= 0.6 is 0 Å². The molecule has 0 bridgehead atoms. The fourth-order valence-corrected chi connectivity index (χ4v) is 0.810. The SMILES string of the molecule is [C]N(CCCC)CCCC. The molecule has 0 aromatic heterocycles. The van der Waals surface area contributed by atoms with Crippen LogP contribution in [0, 0.1) is 7.05 Å². The van der Waals surface area contributed by atoms with E-state index in [9.17, 15) is 0 Å². The molecule has 1 nitrogen and oxygen atoms in total. The van der Waals surface area contributed by atoms with Crippen LogP contribution in [0.15, 0.2) is 0 Å². The summed E-state index contributed by atoms with van der Waals surface area (Å²) < 4.78 is 0. The third-order valence-electron chi connectivity index (χ3n) is 1.56. The van der Waals surface area contributed by atoms with Gasteiger partial charge in [0.15, 0.2) is 0 Å². The van der Waals surface area contributed by atoms with Crippen molar-refractivity contribution in [1.82, 2.24) is 4.90 Å². The Morgan fingerprint density at radius 2 is 1.40 bits per heavy atom. The normalized spacial score (nSPS) is 10.8. The summed E-state index contributed by atoms with van der Waals surface area (Å²) in [6, 6.07) is 0. The Morgan fingerprint density at radius 3 is 1.70 bits per heavy atom. The zero-order valence-corrected chi connectivity index (χ0v) is 7.19. The van der Waals surface area contributed by atoms with Crippen molar-refractivity contribution < 1.29 is 0 Å². The Bertz CT molecular complexity index is 53.7. The van der Waals surface area contributed by atoms with Crippen LogP contribution in [0.25, 0.3) is 0 Å². The molecular weight excluding hydrogens is 122 g/mol. The molecule has 0 aliphatic carbocycles. The molecule has 0 fully saturated rings. The maximum atomic E-state index is 7.41. The van der Waals surface area contributed by atoms with Crippen LogP contribution in [0.1, 0.15) is 39.5 Å². The molecule has 0 N–H and O–H groups in total. The van der Waals surface area contributed by atoms with Crippen LogP contribution < -0.4 is 0 Å². The van der Waals surface area contributed by atoms with Crippen molar-refractivity contribution in [3.05, 3.63) is 7.05 Å². The van der Waals surface area contributed by atoms with E-state index in [2.05, 4.69) is 13.8 Å². The van der Waals surface area contributed by atoms with Crippen LogP contribution in [0.2, 0.25) is 0 Å². The zero-order chi connectivity index (χ0) is 7.82. The van der Waals surface area contributed by atoms with Crippen molar-refractivity contribution in [2.45, 2.75) is 39.5 Å². The lowest BCUT2D eigenvalue weighted by Gasteiger charge is -2.13. The van der Waals surface area contributed by atoms with Crippen molar-refractivity contribution in [2.24, 2.45) is 0 Å². The average Bonchev–Trinajstić information content (AvgIpc) is 1.97. The topological polar surface area (TPSA) is 3.24 Å². The van der Waals surface area contributed by atoms with Gasteiger partial charge in [-0.3, -0.25) is 4.90 Å². The Labute approximate surface area is 65.4 Å². The van der Waals surface area contributed by atoms with Gasteiger partial charge in [0.1, 0.15) is 0 Å². The summed E-state index contributed by atoms with van der Waals surface area (Å²) >= 11 is 0. The minimum absolute atomic E-state index is 0.941. The molecule has 0 aliphatic rings. The molecule has 0 aromatic carbocycles. The predicted octanol–water partition coefficient (Wildman–Crippen LogP) is 2.43. The first kappa shape index (κ1) is 9.96. The predicted molar refractivity (Wildman–Crippen MR) is 44.6 cm³/mol. The van der Waals surface area contributed by atoms with Crippen LogP contribution in [0.3, 0.4) is 0 Å². The number of unbranched alkanes of at least 4 members (excludes halogenated alkanes) is 2. The Hall–Kier alpha value is -0.0400. The first-order valence-corrected chi connectivity index (χ1v) is 4.27. The van der Waals surface area contributed by atoms with E-state index in [4.69, 9.17) is 7.05 Å². The molecule has 0 saturated heterocycles. The summed E-state index contributed by atoms with van der Waals surface area (Å²) in [7, 11) is 7.41. The maximum Gasteiger partial charge on any atom is 0.0882 e. The lowest BCUT2D eigenvalue weighted by Crippen LogP contribution is -2.17. The van der Waals surface area contributed by atoms with Crippen molar-refractivity contribution >= 4 is 0 Å². The second kappa shape index (κ2) is 7.07. The molecule has 0 unspecified atom stereocenters. The van der Waals surface area contributed by atoms with Gasteiger partial charge >= 0.3 is 0 Å². The molecule has 10 heavy (non-hydrogen) atoms. The monoisotopic (exact) mass is 140 g/mol. The molecule has 0 atom stereocenters. The smallest absolute Gasteiger partial charge is 0.0882 e. The summed E-state index contributed by atoms with van der Waals surface area (Å²) in [6.07, 6.45) is 4.71. The summed E-state index contributed by atoms with van der Waals surface area (Å²) in [5, 5.41) is 0. The minimum atomic E-state index is 0.941. The van der Waals surface area contributed by atoms with E-state index in [-0.39, 0.29) is 0 Å². The number of hydrogen-bond acceptors (Lipinski definition) is 1. The van der Waals surface area contributed by atoms with E-state index in [0.717, 1.165) is 25.9 Å². The summed E-state index contributed by atoms with van der Waals surface area (Å²) in [6.45, 7) is 6.20. The van der Waals surface area contributed by atoms with Crippen molar-refractivity contribution in [2.75, 3.05) is 13.1 Å². The second-order valence-corrected chi connectivity index (χ2v) is 2.69. The summed E-state index contributed by atoms with van der Waals surface area (Å²) in [4.78, 5) is 1.67. The lowest BCUT2D eigenvalue weighted by molar-refractivity contribution is 0.355. The van der Waals surface area contributed by atoms with Gasteiger partial charge in [0.2, 0.25) is 0 Å². The zero-order valence-electron chi connectivity index (χ0n) is 7.19. The largest absolute Gasteiger partial charge is 0.292 e. The van der Waals surface area contributed by atoms with E-state index in [0.29, 0.717) is 0 Å².